The first-order valence-corrected chi connectivity index (χ1v) is 5.78. The van der Waals surface area contributed by atoms with Crippen molar-refractivity contribution in [1.82, 2.24) is 25.9 Å². The molecule has 6 nitrogen and oxygen atoms in total. The molecule has 18 heavy (non-hydrogen) atoms. The highest BCUT2D eigenvalue weighted by molar-refractivity contribution is 5.42. The molecule has 96 valence electrons. The van der Waals surface area contributed by atoms with Crippen LogP contribution < -0.4 is 10.1 Å². The van der Waals surface area contributed by atoms with E-state index in [0.717, 1.165) is 17.9 Å². The molecule has 1 atom stereocenters. The van der Waals surface area contributed by atoms with Gasteiger partial charge in [0.1, 0.15) is 5.75 Å². The number of aryl methyl sites for hydroxylation is 1. The standard InChI is InChI=1S/C12H17N5O/c1-8-4-5-11(18-3)9(6-8)10(7-13-2)12-14-16-17-15-12/h4-6,10,13H,7H2,1-3H3,(H,14,15,16,17). The SMILES string of the molecule is CNCC(c1nn[nH]n1)c1cc(C)ccc1OC. The Kier molecular flexibility index (Phi) is 3.88. The summed E-state index contributed by atoms with van der Waals surface area (Å²) < 4.78 is 5.41. The predicted octanol–water partition coefficient (Wildman–Crippen LogP) is 0.868. The Morgan fingerprint density at radius 2 is 2.28 bits per heavy atom. The lowest BCUT2D eigenvalue weighted by atomic mass is 9.95. The summed E-state index contributed by atoms with van der Waals surface area (Å²) in [5.41, 5.74) is 2.24. The molecular formula is C12H17N5O. The second-order valence-corrected chi connectivity index (χ2v) is 4.13. The smallest absolute Gasteiger partial charge is 0.183 e. The largest absolute Gasteiger partial charge is 0.496 e. The van der Waals surface area contributed by atoms with Crippen LogP contribution >= 0.6 is 0 Å². The van der Waals surface area contributed by atoms with Crippen molar-refractivity contribution >= 4 is 0 Å². The first-order chi connectivity index (χ1) is 8.76. The molecule has 0 amide bonds. The minimum atomic E-state index is 0.0172. The Labute approximate surface area is 106 Å². The Bertz CT molecular complexity index is 497. The van der Waals surface area contributed by atoms with E-state index >= 15 is 0 Å². The third-order valence-electron chi connectivity index (χ3n) is 2.84. The van der Waals surface area contributed by atoms with Gasteiger partial charge in [-0.15, -0.1) is 10.2 Å². The normalized spacial score (nSPS) is 12.4. The van der Waals surface area contributed by atoms with Crippen molar-refractivity contribution in [2.45, 2.75) is 12.8 Å². The summed E-state index contributed by atoms with van der Waals surface area (Å²) in [6, 6.07) is 6.08. The molecule has 1 heterocycles. The number of tetrazole rings is 1. The minimum Gasteiger partial charge on any atom is -0.496 e. The van der Waals surface area contributed by atoms with Crippen LogP contribution in [0.5, 0.6) is 5.75 Å². The Morgan fingerprint density at radius 1 is 1.44 bits per heavy atom. The first-order valence-electron chi connectivity index (χ1n) is 5.78. The van der Waals surface area contributed by atoms with Gasteiger partial charge in [0.15, 0.2) is 5.82 Å². The van der Waals surface area contributed by atoms with Crippen molar-refractivity contribution in [3.63, 3.8) is 0 Å². The lowest BCUT2D eigenvalue weighted by Crippen LogP contribution is -2.20. The molecule has 1 aromatic heterocycles. The molecular weight excluding hydrogens is 230 g/mol. The first kappa shape index (κ1) is 12.5. The maximum absolute atomic E-state index is 5.41. The average Bonchev–Trinajstić information content (AvgIpc) is 2.89. The number of H-pyrrole nitrogens is 1. The monoisotopic (exact) mass is 247 g/mol. The van der Waals surface area contributed by atoms with Crippen molar-refractivity contribution in [3.05, 3.63) is 35.2 Å². The molecule has 0 aliphatic carbocycles. The molecule has 0 fully saturated rings. The van der Waals surface area contributed by atoms with Crippen LogP contribution in [0.4, 0.5) is 0 Å². The van der Waals surface area contributed by atoms with Gasteiger partial charge in [-0.2, -0.15) is 5.21 Å². The molecule has 0 saturated carbocycles. The van der Waals surface area contributed by atoms with Gasteiger partial charge in [-0.1, -0.05) is 22.9 Å². The zero-order valence-electron chi connectivity index (χ0n) is 10.8. The highest BCUT2D eigenvalue weighted by Crippen LogP contribution is 2.30. The van der Waals surface area contributed by atoms with Gasteiger partial charge in [0, 0.05) is 12.1 Å². The van der Waals surface area contributed by atoms with Gasteiger partial charge >= 0.3 is 0 Å². The molecule has 0 spiro atoms. The van der Waals surface area contributed by atoms with Gasteiger partial charge in [0.2, 0.25) is 0 Å². The number of rotatable bonds is 5. The Morgan fingerprint density at radius 3 is 2.89 bits per heavy atom. The molecule has 1 unspecified atom stereocenters. The van der Waals surface area contributed by atoms with Crippen LogP contribution in [0.25, 0.3) is 0 Å². The van der Waals surface area contributed by atoms with E-state index in [1.54, 1.807) is 7.11 Å². The van der Waals surface area contributed by atoms with Crippen molar-refractivity contribution in [2.75, 3.05) is 20.7 Å². The zero-order chi connectivity index (χ0) is 13.0. The Balaban J connectivity index is 2.45. The second-order valence-electron chi connectivity index (χ2n) is 4.13. The summed E-state index contributed by atoms with van der Waals surface area (Å²) in [5, 5.41) is 17.4. The highest BCUT2D eigenvalue weighted by Gasteiger charge is 2.21. The van der Waals surface area contributed by atoms with Crippen LogP contribution in [0.1, 0.15) is 22.9 Å². The number of aromatic nitrogens is 4. The molecule has 6 heteroatoms. The fourth-order valence-electron chi connectivity index (χ4n) is 1.99. The topological polar surface area (TPSA) is 75.7 Å². The number of nitrogens with zero attached hydrogens (tertiary/aromatic N) is 3. The van der Waals surface area contributed by atoms with E-state index in [4.69, 9.17) is 4.74 Å². The fourth-order valence-corrected chi connectivity index (χ4v) is 1.99. The molecule has 2 rings (SSSR count). The van der Waals surface area contributed by atoms with Crippen LogP contribution in [0, 0.1) is 6.92 Å². The lowest BCUT2D eigenvalue weighted by Gasteiger charge is -2.17. The van der Waals surface area contributed by atoms with Gasteiger partial charge < -0.3 is 10.1 Å². The summed E-state index contributed by atoms with van der Waals surface area (Å²) in [5.74, 6) is 1.52. The molecule has 2 aromatic rings. The lowest BCUT2D eigenvalue weighted by molar-refractivity contribution is 0.406. The summed E-state index contributed by atoms with van der Waals surface area (Å²) in [7, 11) is 3.57. The second kappa shape index (κ2) is 5.59. The molecule has 0 saturated heterocycles. The Hall–Kier alpha value is -1.95. The number of likely N-dealkylation sites (N-methyl/N-ethyl adjacent to an activating group) is 1. The van der Waals surface area contributed by atoms with E-state index in [2.05, 4.69) is 38.9 Å². The van der Waals surface area contributed by atoms with Gasteiger partial charge in [-0.05, 0) is 20.0 Å². The van der Waals surface area contributed by atoms with E-state index in [1.807, 2.05) is 19.2 Å². The van der Waals surface area contributed by atoms with Crippen LogP contribution in [0.2, 0.25) is 0 Å². The maximum atomic E-state index is 5.41. The van der Waals surface area contributed by atoms with Crippen molar-refractivity contribution < 1.29 is 4.74 Å². The van der Waals surface area contributed by atoms with E-state index in [0.29, 0.717) is 5.82 Å². The van der Waals surface area contributed by atoms with Crippen LogP contribution in [0.3, 0.4) is 0 Å². The van der Waals surface area contributed by atoms with Gasteiger partial charge in [-0.3, -0.25) is 0 Å². The van der Waals surface area contributed by atoms with E-state index in [-0.39, 0.29) is 5.92 Å². The summed E-state index contributed by atoms with van der Waals surface area (Å²) in [6.07, 6.45) is 0. The number of methoxy groups -OCH3 is 1. The molecule has 0 radical (unpaired) electrons. The quantitative estimate of drug-likeness (QED) is 0.820. The number of ether oxygens (including phenoxy) is 1. The zero-order valence-corrected chi connectivity index (χ0v) is 10.8. The van der Waals surface area contributed by atoms with E-state index in [9.17, 15) is 0 Å². The average molecular weight is 247 g/mol. The summed E-state index contributed by atoms with van der Waals surface area (Å²) in [6.45, 7) is 2.77. The minimum absolute atomic E-state index is 0.0172. The molecule has 0 aliphatic heterocycles. The predicted molar refractivity (Wildman–Crippen MR) is 67.7 cm³/mol. The van der Waals surface area contributed by atoms with Crippen molar-refractivity contribution in [2.24, 2.45) is 0 Å². The van der Waals surface area contributed by atoms with E-state index in [1.165, 1.54) is 5.56 Å². The molecule has 0 aliphatic rings. The summed E-state index contributed by atoms with van der Waals surface area (Å²) >= 11 is 0. The van der Waals surface area contributed by atoms with Gasteiger partial charge in [0.05, 0.1) is 13.0 Å². The van der Waals surface area contributed by atoms with Gasteiger partial charge in [-0.25, -0.2) is 0 Å². The van der Waals surface area contributed by atoms with Gasteiger partial charge in [0.25, 0.3) is 0 Å². The fraction of sp³-hybridized carbons (Fsp3) is 0.417. The molecule has 0 bridgehead atoms. The third-order valence-corrected chi connectivity index (χ3v) is 2.84. The number of hydrogen-bond acceptors (Lipinski definition) is 5. The van der Waals surface area contributed by atoms with Crippen molar-refractivity contribution in [1.29, 1.82) is 0 Å². The van der Waals surface area contributed by atoms with Crippen LogP contribution in [-0.2, 0) is 0 Å². The molecule has 2 N–H and O–H groups in total. The van der Waals surface area contributed by atoms with E-state index < -0.39 is 0 Å². The number of nitrogens with one attached hydrogen (secondary N) is 2. The highest BCUT2D eigenvalue weighted by atomic mass is 16.5. The maximum Gasteiger partial charge on any atom is 0.183 e. The number of aromatic amines is 1. The number of benzene rings is 1. The summed E-state index contributed by atoms with van der Waals surface area (Å²) in [4.78, 5) is 0. The third kappa shape index (κ3) is 2.48. The van der Waals surface area contributed by atoms with Crippen molar-refractivity contribution in [3.8, 4) is 5.75 Å². The number of hydrogen-bond donors (Lipinski definition) is 2. The van der Waals surface area contributed by atoms with Crippen LogP contribution in [-0.4, -0.2) is 41.3 Å². The van der Waals surface area contributed by atoms with Crippen LogP contribution in [0.15, 0.2) is 18.2 Å². The molecule has 1 aromatic carbocycles.